The lowest BCUT2D eigenvalue weighted by molar-refractivity contribution is 0.351. The molecule has 0 radical (unpaired) electrons. The van der Waals surface area contributed by atoms with E-state index < -0.39 is 0 Å². The van der Waals surface area contributed by atoms with Crippen LogP contribution in [-0.4, -0.2) is 29.2 Å². The van der Waals surface area contributed by atoms with Gasteiger partial charge in [0, 0.05) is 18.6 Å². The minimum absolute atomic E-state index is 0.285. The average molecular weight is 243 g/mol. The zero-order chi connectivity index (χ0) is 12.8. The summed E-state index contributed by atoms with van der Waals surface area (Å²) in [4.78, 5) is 12.1. The molecule has 2 rings (SSSR count). The third-order valence-corrected chi connectivity index (χ3v) is 2.30. The standard InChI is InChI=1S/C13H13N3O2/c1-17-12-11(9-15-13(16-12)18-2)4-3-10-5-7-14-8-6-10/h3-9H,1-2H3/b4-3+. The van der Waals surface area contributed by atoms with Crippen LogP contribution in [0.25, 0.3) is 12.2 Å². The summed E-state index contributed by atoms with van der Waals surface area (Å²) >= 11 is 0. The van der Waals surface area contributed by atoms with Gasteiger partial charge in [-0.25, -0.2) is 4.98 Å². The number of ether oxygens (including phenoxy) is 2. The Balaban J connectivity index is 2.26. The number of rotatable bonds is 4. The summed E-state index contributed by atoms with van der Waals surface area (Å²) in [6, 6.07) is 4.11. The van der Waals surface area contributed by atoms with Crippen molar-refractivity contribution in [3.8, 4) is 11.9 Å². The van der Waals surface area contributed by atoms with E-state index in [4.69, 9.17) is 9.47 Å². The van der Waals surface area contributed by atoms with Crippen LogP contribution in [-0.2, 0) is 0 Å². The normalized spacial score (nSPS) is 10.6. The van der Waals surface area contributed by atoms with Crippen LogP contribution in [0.15, 0.2) is 30.7 Å². The Kier molecular flexibility index (Phi) is 3.86. The smallest absolute Gasteiger partial charge is 0.319 e. The molecule has 0 bridgehead atoms. The van der Waals surface area contributed by atoms with Gasteiger partial charge in [0.2, 0.25) is 5.88 Å². The number of nitrogens with zero attached hydrogens (tertiary/aromatic N) is 3. The molecule has 0 saturated carbocycles. The zero-order valence-electron chi connectivity index (χ0n) is 10.2. The first-order valence-electron chi connectivity index (χ1n) is 5.36. The molecule has 5 heteroatoms. The van der Waals surface area contributed by atoms with Gasteiger partial charge in [0.15, 0.2) is 0 Å². The molecule has 0 N–H and O–H groups in total. The van der Waals surface area contributed by atoms with Crippen molar-refractivity contribution in [2.45, 2.75) is 0 Å². The Morgan fingerprint density at radius 2 is 1.83 bits per heavy atom. The number of hydrogen-bond donors (Lipinski definition) is 0. The van der Waals surface area contributed by atoms with E-state index in [2.05, 4.69) is 15.0 Å². The monoisotopic (exact) mass is 243 g/mol. The Morgan fingerprint density at radius 1 is 1.06 bits per heavy atom. The number of pyridine rings is 1. The Hall–Kier alpha value is -2.43. The SMILES string of the molecule is COc1ncc(/C=C/c2ccncc2)c(OC)n1. The molecule has 0 aliphatic carbocycles. The minimum Gasteiger partial charge on any atom is -0.480 e. The van der Waals surface area contributed by atoms with Gasteiger partial charge in [-0.05, 0) is 23.8 Å². The maximum absolute atomic E-state index is 5.18. The van der Waals surface area contributed by atoms with Gasteiger partial charge in [-0.2, -0.15) is 4.98 Å². The van der Waals surface area contributed by atoms with Gasteiger partial charge in [0.1, 0.15) is 0 Å². The molecule has 18 heavy (non-hydrogen) atoms. The third kappa shape index (κ3) is 2.82. The summed E-state index contributed by atoms with van der Waals surface area (Å²) in [5.41, 5.74) is 1.83. The van der Waals surface area contributed by atoms with Crippen LogP contribution in [0.2, 0.25) is 0 Å². The number of hydrogen-bond acceptors (Lipinski definition) is 5. The van der Waals surface area contributed by atoms with E-state index in [-0.39, 0.29) is 6.01 Å². The molecule has 2 aromatic heterocycles. The van der Waals surface area contributed by atoms with Crippen molar-refractivity contribution < 1.29 is 9.47 Å². The van der Waals surface area contributed by atoms with E-state index in [1.165, 1.54) is 7.11 Å². The van der Waals surface area contributed by atoms with Gasteiger partial charge in [-0.1, -0.05) is 6.08 Å². The van der Waals surface area contributed by atoms with Crippen LogP contribution in [0.5, 0.6) is 11.9 Å². The molecule has 0 amide bonds. The third-order valence-electron chi connectivity index (χ3n) is 2.30. The number of aromatic nitrogens is 3. The molecule has 0 aromatic carbocycles. The van der Waals surface area contributed by atoms with Gasteiger partial charge in [-0.15, -0.1) is 0 Å². The molecule has 0 aliphatic heterocycles. The van der Waals surface area contributed by atoms with Gasteiger partial charge in [-0.3, -0.25) is 4.98 Å². The summed E-state index contributed by atoms with van der Waals surface area (Å²) in [5, 5.41) is 0. The Bertz CT molecular complexity index is 541. The molecule has 0 spiro atoms. The summed E-state index contributed by atoms with van der Waals surface area (Å²) in [6.45, 7) is 0. The van der Waals surface area contributed by atoms with Crippen molar-refractivity contribution in [3.05, 3.63) is 41.9 Å². The van der Waals surface area contributed by atoms with Crippen molar-refractivity contribution in [1.29, 1.82) is 0 Å². The van der Waals surface area contributed by atoms with E-state index in [0.29, 0.717) is 5.88 Å². The van der Waals surface area contributed by atoms with Gasteiger partial charge >= 0.3 is 6.01 Å². The lowest BCUT2D eigenvalue weighted by atomic mass is 10.2. The Morgan fingerprint density at radius 3 is 2.50 bits per heavy atom. The fourth-order valence-electron chi connectivity index (χ4n) is 1.40. The lowest BCUT2D eigenvalue weighted by Gasteiger charge is -2.04. The highest BCUT2D eigenvalue weighted by Gasteiger charge is 2.04. The Labute approximate surface area is 105 Å². The van der Waals surface area contributed by atoms with Crippen molar-refractivity contribution in [2.24, 2.45) is 0 Å². The zero-order valence-corrected chi connectivity index (χ0v) is 10.2. The van der Waals surface area contributed by atoms with Crippen LogP contribution >= 0.6 is 0 Å². The van der Waals surface area contributed by atoms with Crippen LogP contribution in [0.4, 0.5) is 0 Å². The first-order chi connectivity index (χ1) is 8.83. The van der Waals surface area contributed by atoms with Gasteiger partial charge in [0.05, 0.1) is 19.8 Å². The van der Waals surface area contributed by atoms with E-state index in [9.17, 15) is 0 Å². The maximum Gasteiger partial charge on any atom is 0.319 e. The fourth-order valence-corrected chi connectivity index (χ4v) is 1.40. The van der Waals surface area contributed by atoms with Gasteiger partial charge in [0.25, 0.3) is 0 Å². The highest BCUT2D eigenvalue weighted by atomic mass is 16.5. The van der Waals surface area contributed by atoms with Crippen LogP contribution in [0, 0.1) is 0 Å². The van der Waals surface area contributed by atoms with E-state index in [1.54, 1.807) is 25.7 Å². The molecule has 2 aromatic rings. The predicted octanol–water partition coefficient (Wildman–Crippen LogP) is 2.06. The summed E-state index contributed by atoms with van der Waals surface area (Å²) in [5.74, 6) is 0.479. The first kappa shape index (κ1) is 12.0. The molecular formula is C13H13N3O2. The topological polar surface area (TPSA) is 57.1 Å². The van der Waals surface area contributed by atoms with Crippen molar-refractivity contribution >= 4 is 12.2 Å². The largest absolute Gasteiger partial charge is 0.480 e. The summed E-state index contributed by atoms with van der Waals surface area (Å²) in [6.07, 6.45) is 8.95. The first-order valence-corrected chi connectivity index (χ1v) is 5.36. The van der Waals surface area contributed by atoms with E-state index in [1.807, 2.05) is 24.3 Å². The van der Waals surface area contributed by atoms with Crippen molar-refractivity contribution in [1.82, 2.24) is 15.0 Å². The minimum atomic E-state index is 0.285. The maximum atomic E-state index is 5.18. The fraction of sp³-hybridized carbons (Fsp3) is 0.154. The second-order valence-corrected chi connectivity index (χ2v) is 3.44. The molecule has 0 saturated heterocycles. The highest BCUT2D eigenvalue weighted by molar-refractivity contribution is 5.71. The van der Waals surface area contributed by atoms with E-state index >= 15 is 0 Å². The molecule has 5 nitrogen and oxygen atoms in total. The molecule has 92 valence electrons. The number of methoxy groups -OCH3 is 2. The predicted molar refractivity (Wildman–Crippen MR) is 68.3 cm³/mol. The van der Waals surface area contributed by atoms with E-state index in [0.717, 1.165) is 11.1 Å². The summed E-state index contributed by atoms with van der Waals surface area (Å²) in [7, 11) is 3.08. The van der Waals surface area contributed by atoms with Crippen molar-refractivity contribution in [3.63, 3.8) is 0 Å². The average Bonchev–Trinajstić information content (AvgIpc) is 2.46. The molecule has 0 atom stereocenters. The molecule has 0 aliphatic rings. The quantitative estimate of drug-likeness (QED) is 0.822. The highest BCUT2D eigenvalue weighted by Crippen LogP contribution is 2.19. The molecule has 0 unspecified atom stereocenters. The van der Waals surface area contributed by atoms with Crippen LogP contribution in [0.3, 0.4) is 0 Å². The second-order valence-electron chi connectivity index (χ2n) is 3.44. The lowest BCUT2D eigenvalue weighted by Crippen LogP contribution is -1.97. The molecule has 0 fully saturated rings. The molecular weight excluding hydrogens is 230 g/mol. The molecule has 2 heterocycles. The van der Waals surface area contributed by atoms with Crippen LogP contribution in [0.1, 0.15) is 11.1 Å². The van der Waals surface area contributed by atoms with Gasteiger partial charge < -0.3 is 9.47 Å². The van der Waals surface area contributed by atoms with Crippen LogP contribution < -0.4 is 9.47 Å². The second kappa shape index (κ2) is 5.77. The summed E-state index contributed by atoms with van der Waals surface area (Å²) < 4.78 is 10.1. The van der Waals surface area contributed by atoms with Crippen molar-refractivity contribution in [2.75, 3.05) is 14.2 Å².